The predicted molar refractivity (Wildman–Crippen MR) is 78.1 cm³/mol. The predicted octanol–water partition coefficient (Wildman–Crippen LogP) is 2.01. The van der Waals surface area contributed by atoms with Crippen molar-refractivity contribution in [2.45, 2.75) is 18.2 Å². The zero-order valence-corrected chi connectivity index (χ0v) is 12.4. The van der Waals surface area contributed by atoms with E-state index >= 15 is 0 Å². The third-order valence-electron chi connectivity index (χ3n) is 2.68. The van der Waals surface area contributed by atoms with Crippen LogP contribution in [0.15, 0.2) is 29.2 Å². The largest absolute Gasteiger partial charge is 0.497 e. The standard InChI is InChI=1S/C14H19NO4S/c1-10(14(17)18)9-15-13(16)7-8-20-12-5-3-11(19-2)4-6-12/h3-6,10H,7-9H2,1-2H3,(H,15,16)(H,17,18). The second kappa shape index (κ2) is 8.47. The third-order valence-corrected chi connectivity index (χ3v) is 3.70. The van der Waals surface area contributed by atoms with Gasteiger partial charge >= 0.3 is 5.97 Å². The van der Waals surface area contributed by atoms with E-state index in [0.29, 0.717) is 12.2 Å². The molecule has 0 saturated heterocycles. The number of carbonyl (C=O) groups is 2. The highest BCUT2D eigenvalue weighted by molar-refractivity contribution is 7.99. The second-order valence-corrected chi connectivity index (χ2v) is 5.49. The number of ether oxygens (including phenoxy) is 1. The molecule has 1 aromatic rings. The lowest BCUT2D eigenvalue weighted by Crippen LogP contribution is -2.31. The molecule has 1 rings (SSSR count). The van der Waals surface area contributed by atoms with Gasteiger partial charge in [0, 0.05) is 23.6 Å². The Morgan fingerprint density at radius 1 is 1.35 bits per heavy atom. The van der Waals surface area contributed by atoms with E-state index < -0.39 is 11.9 Å². The van der Waals surface area contributed by atoms with E-state index in [1.54, 1.807) is 25.8 Å². The molecule has 1 atom stereocenters. The number of methoxy groups -OCH3 is 1. The Balaban J connectivity index is 2.22. The van der Waals surface area contributed by atoms with Crippen LogP contribution in [-0.4, -0.2) is 36.4 Å². The highest BCUT2D eigenvalue weighted by Gasteiger charge is 2.11. The van der Waals surface area contributed by atoms with E-state index in [1.165, 1.54) is 0 Å². The number of carboxylic acids is 1. The topological polar surface area (TPSA) is 75.6 Å². The van der Waals surface area contributed by atoms with Crippen molar-refractivity contribution in [3.63, 3.8) is 0 Å². The fraction of sp³-hybridized carbons (Fsp3) is 0.429. The highest BCUT2D eigenvalue weighted by Crippen LogP contribution is 2.21. The molecular weight excluding hydrogens is 278 g/mol. The van der Waals surface area contributed by atoms with Gasteiger partial charge in [0.15, 0.2) is 0 Å². The molecule has 0 aromatic heterocycles. The van der Waals surface area contributed by atoms with Crippen molar-refractivity contribution >= 4 is 23.6 Å². The van der Waals surface area contributed by atoms with Crippen molar-refractivity contribution in [2.24, 2.45) is 5.92 Å². The number of hydrogen-bond donors (Lipinski definition) is 2. The summed E-state index contributed by atoms with van der Waals surface area (Å²) < 4.78 is 5.06. The number of nitrogens with one attached hydrogen (secondary N) is 1. The van der Waals surface area contributed by atoms with Gasteiger partial charge in [0.2, 0.25) is 5.91 Å². The number of rotatable bonds is 8. The van der Waals surface area contributed by atoms with Gasteiger partial charge in [-0.2, -0.15) is 0 Å². The minimum atomic E-state index is -0.905. The normalized spacial score (nSPS) is 11.7. The summed E-state index contributed by atoms with van der Waals surface area (Å²) in [5, 5.41) is 11.3. The van der Waals surface area contributed by atoms with Gasteiger partial charge in [-0.05, 0) is 24.3 Å². The summed E-state index contributed by atoms with van der Waals surface area (Å²) in [4.78, 5) is 23.2. The van der Waals surface area contributed by atoms with E-state index in [9.17, 15) is 9.59 Å². The van der Waals surface area contributed by atoms with Crippen molar-refractivity contribution in [1.82, 2.24) is 5.32 Å². The van der Waals surface area contributed by atoms with E-state index in [2.05, 4.69) is 5.32 Å². The summed E-state index contributed by atoms with van der Waals surface area (Å²) in [6, 6.07) is 7.62. The number of carbonyl (C=O) groups excluding carboxylic acids is 1. The zero-order valence-electron chi connectivity index (χ0n) is 11.6. The smallest absolute Gasteiger partial charge is 0.308 e. The van der Waals surface area contributed by atoms with Crippen molar-refractivity contribution in [3.8, 4) is 5.75 Å². The lowest BCUT2D eigenvalue weighted by atomic mass is 10.2. The summed E-state index contributed by atoms with van der Waals surface area (Å²) in [5.41, 5.74) is 0. The number of benzene rings is 1. The van der Waals surface area contributed by atoms with Gasteiger partial charge in [-0.1, -0.05) is 6.92 Å². The Hall–Kier alpha value is -1.69. The first-order chi connectivity index (χ1) is 9.52. The monoisotopic (exact) mass is 297 g/mol. The van der Waals surface area contributed by atoms with Gasteiger partial charge in [0.05, 0.1) is 13.0 Å². The average molecular weight is 297 g/mol. The first kappa shape index (κ1) is 16.4. The molecular formula is C14H19NO4S. The minimum Gasteiger partial charge on any atom is -0.497 e. The molecule has 5 nitrogen and oxygen atoms in total. The summed E-state index contributed by atoms with van der Waals surface area (Å²) in [7, 11) is 1.62. The fourth-order valence-electron chi connectivity index (χ4n) is 1.38. The maximum atomic E-state index is 11.5. The lowest BCUT2D eigenvalue weighted by Gasteiger charge is -2.08. The van der Waals surface area contributed by atoms with Gasteiger partial charge in [-0.25, -0.2) is 0 Å². The Kier molecular flexibility index (Phi) is 6.93. The van der Waals surface area contributed by atoms with Crippen LogP contribution in [0.1, 0.15) is 13.3 Å². The maximum absolute atomic E-state index is 11.5. The molecule has 1 aromatic carbocycles. The Morgan fingerprint density at radius 2 is 2.00 bits per heavy atom. The van der Waals surface area contributed by atoms with Crippen LogP contribution in [0, 0.1) is 5.92 Å². The SMILES string of the molecule is COc1ccc(SCCC(=O)NCC(C)C(=O)O)cc1. The summed E-state index contributed by atoms with van der Waals surface area (Å²) >= 11 is 1.58. The van der Waals surface area contributed by atoms with Crippen LogP contribution in [0.5, 0.6) is 5.75 Å². The lowest BCUT2D eigenvalue weighted by molar-refractivity contribution is -0.141. The Morgan fingerprint density at radius 3 is 2.55 bits per heavy atom. The summed E-state index contributed by atoms with van der Waals surface area (Å²) in [6.07, 6.45) is 0.364. The molecule has 0 aliphatic heterocycles. The van der Waals surface area contributed by atoms with Crippen molar-refractivity contribution < 1.29 is 19.4 Å². The molecule has 2 N–H and O–H groups in total. The van der Waals surface area contributed by atoms with Crippen molar-refractivity contribution in [1.29, 1.82) is 0 Å². The molecule has 0 fully saturated rings. The molecule has 0 aliphatic carbocycles. The zero-order chi connectivity index (χ0) is 15.0. The Bertz CT molecular complexity index is 447. The second-order valence-electron chi connectivity index (χ2n) is 4.32. The van der Waals surface area contributed by atoms with E-state index in [-0.39, 0.29) is 12.5 Å². The van der Waals surface area contributed by atoms with Gasteiger partial charge in [0.25, 0.3) is 0 Å². The number of thioether (sulfide) groups is 1. The minimum absolute atomic E-state index is 0.126. The van der Waals surface area contributed by atoms with Gasteiger partial charge < -0.3 is 15.2 Å². The van der Waals surface area contributed by atoms with E-state index in [0.717, 1.165) is 10.6 Å². The van der Waals surface area contributed by atoms with Crippen LogP contribution >= 0.6 is 11.8 Å². The third kappa shape index (κ3) is 5.97. The first-order valence-corrected chi connectivity index (χ1v) is 7.28. The number of hydrogen-bond acceptors (Lipinski definition) is 4. The van der Waals surface area contributed by atoms with Gasteiger partial charge in [0.1, 0.15) is 5.75 Å². The molecule has 0 saturated carbocycles. The van der Waals surface area contributed by atoms with Crippen LogP contribution in [0.25, 0.3) is 0 Å². The molecule has 1 amide bonds. The molecule has 0 heterocycles. The molecule has 0 spiro atoms. The van der Waals surface area contributed by atoms with Crippen LogP contribution in [0.2, 0.25) is 0 Å². The quantitative estimate of drug-likeness (QED) is 0.718. The molecule has 6 heteroatoms. The number of amides is 1. The molecule has 110 valence electrons. The van der Waals surface area contributed by atoms with E-state index in [1.807, 2.05) is 24.3 Å². The van der Waals surface area contributed by atoms with Crippen LogP contribution in [-0.2, 0) is 9.59 Å². The molecule has 1 unspecified atom stereocenters. The molecule has 0 radical (unpaired) electrons. The van der Waals surface area contributed by atoms with E-state index in [4.69, 9.17) is 9.84 Å². The van der Waals surface area contributed by atoms with Crippen LogP contribution in [0.4, 0.5) is 0 Å². The maximum Gasteiger partial charge on any atom is 0.308 e. The summed E-state index contributed by atoms with van der Waals surface area (Å²) in [6.45, 7) is 1.73. The molecule has 0 aliphatic rings. The van der Waals surface area contributed by atoms with Crippen LogP contribution < -0.4 is 10.1 Å². The number of aliphatic carboxylic acids is 1. The Labute approximate surface area is 122 Å². The average Bonchev–Trinajstić information content (AvgIpc) is 2.45. The molecule has 0 bridgehead atoms. The van der Waals surface area contributed by atoms with Crippen molar-refractivity contribution in [2.75, 3.05) is 19.4 Å². The van der Waals surface area contributed by atoms with Crippen LogP contribution in [0.3, 0.4) is 0 Å². The number of carboxylic acid groups (broad SMARTS) is 1. The van der Waals surface area contributed by atoms with Gasteiger partial charge in [-0.15, -0.1) is 11.8 Å². The van der Waals surface area contributed by atoms with Crippen molar-refractivity contribution in [3.05, 3.63) is 24.3 Å². The molecule has 20 heavy (non-hydrogen) atoms. The fourth-order valence-corrected chi connectivity index (χ4v) is 2.23. The highest BCUT2D eigenvalue weighted by atomic mass is 32.2. The first-order valence-electron chi connectivity index (χ1n) is 6.29. The van der Waals surface area contributed by atoms with Gasteiger partial charge in [-0.3, -0.25) is 9.59 Å². The summed E-state index contributed by atoms with van der Waals surface area (Å²) in [5.74, 6) is -0.139.